The number of likely N-dealkylation sites (N-methyl/N-ethyl adjacent to an activating group) is 1. The molecule has 0 saturated carbocycles. The third-order valence-electron chi connectivity index (χ3n) is 2.96. The van der Waals surface area contributed by atoms with Crippen molar-refractivity contribution in [1.29, 1.82) is 0 Å². The van der Waals surface area contributed by atoms with Crippen molar-refractivity contribution in [2.45, 2.75) is 13.1 Å². The number of aromatic nitrogens is 3. The van der Waals surface area contributed by atoms with Crippen LogP contribution < -0.4 is 10.5 Å². The van der Waals surface area contributed by atoms with Crippen molar-refractivity contribution in [1.82, 2.24) is 19.9 Å². The van der Waals surface area contributed by atoms with Gasteiger partial charge in [0.15, 0.2) is 0 Å². The Morgan fingerprint density at radius 2 is 2.14 bits per heavy atom. The molecule has 0 aliphatic heterocycles. The highest BCUT2D eigenvalue weighted by Crippen LogP contribution is 2.07. The molecule has 0 spiro atoms. The van der Waals surface area contributed by atoms with Crippen LogP contribution in [0.1, 0.15) is 5.69 Å². The number of rotatable bonds is 7. The molecule has 0 atom stereocenters. The predicted octanol–water partition coefficient (Wildman–Crippen LogP) is 0.274. The van der Waals surface area contributed by atoms with E-state index >= 15 is 0 Å². The summed E-state index contributed by atoms with van der Waals surface area (Å²) in [5.74, 6) is 0.738. The molecule has 2 rings (SSSR count). The second kappa shape index (κ2) is 7.39. The third-order valence-corrected chi connectivity index (χ3v) is 2.96. The van der Waals surface area contributed by atoms with E-state index in [2.05, 4.69) is 10.3 Å². The Morgan fingerprint density at radius 1 is 1.38 bits per heavy atom. The van der Waals surface area contributed by atoms with E-state index in [1.54, 1.807) is 18.1 Å². The molecule has 0 fully saturated rings. The van der Waals surface area contributed by atoms with E-state index in [0.29, 0.717) is 25.4 Å². The number of nitrogens with zero attached hydrogens (tertiary/aromatic N) is 4. The Bertz CT molecular complexity index is 570. The third kappa shape index (κ3) is 4.57. The molecule has 1 aromatic heterocycles. The second-order valence-corrected chi connectivity index (χ2v) is 4.59. The minimum Gasteiger partial charge on any atom is -0.492 e. The van der Waals surface area contributed by atoms with Gasteiger partial charge in [-0.1, -0.05) is 23.4 Å². The molecule has 0 aliphatic rings. The van der Waals surface area contributed by atoms with Gasteiger partial charge in [-0.25, -0.2) is 4.68 Å². The van der Waals surface area contributed by atoms with Crippen LogP contribution in [0.5, 0.6) is 5.75 Å². The van der Waals surface area contributed by atoms with Crippen molar-refractivity contribution in [3.63, 3.8) is 0 Å². The fourth-order valence-electron chi connectivity index (χ4n) is 1.71. The van der Waals surface area contributed by atoms with Gasteiger partial charge in [-0.15, -0.1) is 5.10 Å². The Hall–Kier alpha value is -2.41. The number of hydrogen-bond acceptors (Lipinski definition) is 5. The lowest BCUT2D eigenvalue weighted by Gasteiger charge is -2.17. The zero-order valence-corrected chi connectivity index (χ0v) is 12.0. The summed E-state index contributed by atoms with van der Waals surface area (Å²) in [6.07, 6.45) is 1.67. The van der Waals surface area contributed by atoms with Gasteiger partial charge >= 0.3 is 0 Å². The molecule has 0 aliphatic carbocycles. The first kappa shape index (κ1) is 15.0. The van der Waals surface area contributed by atoms with Gasteiger partial charge in [-0.05, 0) is 12.1 Å². The zero-order valence-electron chi connectivity index (χ0n) is 12.0. The maximum atomic E-state index is 12.0. The summed E-state index contributed by atoms with van der Waals surface area (Å²) in [4.78, 5) is 13.6. The van der Waals surface area contributed by atoms with Gasteiger partial charge < -0.3 is 15.4 Å². The smallest absolute Gasteiger partial charge is 0.244 e. The van der Waals surface area contributed by atoms with Crippen LogP contribution >= 0.6 is 0 Å². The zero-order chi connectivity index (χ0) is 15.1. The summed E-state index contributed by atoms with van der Waals surface area (Å²) in [5.41, 5.74) is 6.11. The summed E-state index contributed by atoms with van der Waals surface area (Å²) in [7, 11) is 1.73. The molecule has 1 aromatic carbocycles. The van der Waals surface area contributed by atoms with Crippen LogP contribution in [0.4, 0.5) is 0 Å². The average Bonchev–Trinajstić information content (AvgIpc) is 2.96. The van der Waals surface area contributed by atoms with Crippen LogP contribution in [0.3, 0.4) is 0 Å². The minimum absolute atomic E-state index is 0.0554. The molecule has 0 unspecified atom stereocenters. The molecule has 7 nitrogen and oxygen atoms in total. The van der Waals surface area contributed by atoms with Crippen molar-refractivity contribution in [2.24, 2.45) is 5.73 Å². The summed E-state index contributed by atoms with van der Waals surface area (Å²) in [6, 6.07) is 9.50. The Kier molecular flexibility index (Phi) is 5.28. The predicted molar refractivity (Wildman–Crippen MR) is 77.5 cm³/mol. The molecule has 21 heavy (non-hydrogen) atoms. The van der Waals surface area contributed by atoms with Crippen LogP contribution in [-0.2, 0) is 17.9 Å². The second-order valence-electron chi connectivity index (χ2n) is 4.59. The fourth-order valence-corrected chi connectivity index (χ4v) is 1.71. The first-order valence-corrected chi connectivity index (χ1v) is 6.70. The van der Waals surface area contributed by atoms with Crippen molar-refractivity contribution in [3.05, 3.63) is 42.2 Å². The van der Waals surface area contributed by atoms with E-state index < -0.39 is 0 Å². The van der Waals surface area contributed by atoms with E-state index in [4.69, 9.17) is 10.5 Å². The van der Waals surface area contributed by atoms with Gasteiger partial charge in [-0.2, -0.15) is 0 Å². The molecular formula is C14H19N5O2. The standard InChI is InChI=1S/C14H19N5O2/c1-18(7-8-21-13-5-3-2-4-6-13)14(20)11-19-10-12(9-15)16-17-19/h2-6,10H,7-9,11,15H2,1H3. The number of hydrogen-bond donors (Lipinski definition) is 1. The van der Waals surface area contributed by atoms with Crippen LogP contribution in [0.15, 0.2) is 36.5 Å². The normalized spacial score (nSPS) is 10.4. The van der Waals surface area contributed by atoms with E-state index in [9.17, 15) is 4.79 Å². The topological polar surface area (TPSA) is 86.3 Å². The van der Waals surface area contributed by atoms with Crippen LogP contribution in [-0.4, -0.2) is 46.0 Å². The van der Waals surface area contributed by atoms with E-state index in [1.807, 2.05) is 30.3 Å². The van der Waals surface area contributed by atoms with Gasteiger partial charge in [0, 0.05) is 13.6 Å². The molecule has 1 amide bonds. The van der Waals surface area contributed by atoms with Gasteiger partial charge in [0.2, 0.25) is 5.91 Å². The summed E-state index contributed by atoms with van der Waals surface area (Å²) in [5, 5.41) is 7.69. The van der Waals surface area contributed by atoms with Crippen molar-refractivity contribution in [2.75, 3.05) is 20.2 Å². The quantitative estimate of drug-likeness (QED) is 0.791. The first-order valence-electron chi connectivity index (χ1n) is 6.70. The molecule has 1 heterocycles. The summed E-state index contributed by atoms with van der Waals surface area (Å²) >= 11 is 0. The number of carbonyl (C=O) groups excluding carboxylic acids is 1. The molecule has 0 saturated heterocycles. The van der Waals surface area contributed by atoms with Gasteiger partial charge in [0.05, 0.1) is 18.4 Å². The largest absolute Gasteiger partial charge is 0.492 e. The lowest BCUT2D eigenvalue weighted by atomic mass is 10.3. The Balaban J connectivity index is 1.74. The molecule has 112 valence electrons. The highest BCUT2D eigenvalue weighted by Gasteiger charge is 2.10. The van der Waals surface area contributed by atoms with Crippen LogP contribution in [0, 0.1) is 0 Å². The first-order chi connectivity index (χ1) is 10.2. The maximum absolute atomic E-state index is 12.0. The van der Waals surface area contributed by atoms with Crippen molar-refractivity contribution < 1.29 is 9.53 Å². The number of nitrogens with two attached hydrogens (primary N) is 1. The van der Waals surface area contributed by atoms with Crippen LogP contribution in [0.25, 0.3) is 0 Å². The number of benzene rings is 1. The van der Waals surface area contributed by atoms with Crippen LogP contribution in [0.2, 0.25) is 0 Å². The van der Waals surface area contributed by atoms with Gasteiger partial charge in [0.1, 0.15) is 18.9 Å². The highest BCUT2D eigenvalue weighted by atomic mass is 16.5. The molecule has 0 bridgehead atoms. The van der Waals surface area contributed by atoms with Gasteiger partial charge in [-0.3, -0.25) is 4.79 Å². The lowest BCUT2D eigenvalue weighted by molar-refractivity contribution is -0.131. The Labute approximate surface area is 123 Å². The molecule has 2 N–H and O–H groups in total. The highest BCUT2D eigenvalue weighted by molar-refractivity contribution is 5.75. The lowest BCUT2D eigenvalue weighted by Crippen LogP contribution is -2.33. The minimum atomic E-state index is -0.0554. The van der Waals surface area contributed by atoms with Gasteiger partial charge in [0.25, 0.3) is 0 Å². The van der Waals surface area contributed by atoms with Crippen molar-refractivity contribution in [3.8, 4) is 5.75 Å². The number of ether oxygens (including phenoxy) is 1. The number of para-hydroxylation sites is 1. The van der Waals surface area contributed by atoms with E-state index in [-0.39, 0.29) is 12.5 Å². The molecular weight excluding hydrogens is 270 g/mol. The Morgan fingerprint density at radius 3 is 2.81 bits per heavy atom. The molecule has 0 radical (unpaired) electrons. The summed E-state index contributed by atoms with van der Waals surface area (Å²) < 4.78 is 7.04. The van der Waals surface area contributed by atoms with E-state index in [0.717, 1.165) is 5.75 Å². The average molecular weight is 289 g/mol. The molecule has 2 aromatic rings. The fraction of sp³-hybridized carbons (Fsp3) is 0.357. The summed E-state index contributed by atoms with van der Waals surface area (Å²) in [6.45, 7) is 1.41. The maximum Gasteiger partial charge on any atom is 0.244 e. The number of carbonyl (C=O) groups is 1. The number of amides is 1. The SMILES string of the molecule is CN(CCOc1ccccc1)C(=O)Cn1cc(CN)nn1. The monoisotopic (exact) mass is 289 g/mol. The molecule has 7 heteroatoms. The van der Waals surface area contributed by atoms with E-state index in [1.165, 1.54) is 4.68 Å². The van der Waals surface area contributed by atoms with Crippen molar-refractivity contribution >= 4 is 5.91 Å².